The summed E-state index contributed by atoms with van der Waals surface area (Å²) >= 11 is 5.85. The van der Waals surface area contributed by atoms with E-state index in [-0.39, 0.29) is 12.1 Å². The number of urea groups is 1. The average molecular weight is 376 g/mol. The molecule has 1 saturated heterocycles. The normalized spacial score (nSPS) is 16.1. The number of amides is 2. The van der Waals surface area contributed by atoms with E-state index in [0.29, 0.717) is 36.3 Å². The largest absolute Gasteiger partial charge is 0.379 e. The van der Waals surface area contributed by atoms with E-state index in [9.17, 15) is 4.79 Å². The quantitative estimate of drug-likeness (QED) is 0.785. The Morgan fingerprint density at radius 2 is 2.00 bits per heavy atom. The van der Waals surface area contributed by atoms with E-state index < -0.39 is 0 Å². The summed E-state index contributed by atoms with van der Waals surface area (Å²) in [5, 5.41) is 6.18. The van der Waals surface area contributed by atoms with E-state index in [4.69, 9.17) is 16.3 Å². The zero-order valence-electron chi connectivity index (χ0n) is 14.6. The number of carbonyl (C=O) groups is 1. The van der Waals surface area contributed by atoms with Gasteiger partial charge in [0.2, 0.25) is 0 Å². The fraction of sp³-hybridized carbons (Fsp3) is 0.389. The first-order valence-corrected chi connectivity index (χ1v) is 8.91. The highest BCUT2D eigenvalue weighted by Crippen LogP contribution is 2.21. The van der Waals surface area contributed by atoms with Crippen LogP contribution >= 0.6 is 11.6 Å². The molecule has 0 unspecified atom stereocenters. The Labute approximate surface area is 157 Å². The Kier molecular flexibility index (Phi) is 6.38. The molecule has 2 aromatic rings. The number of halogens is 1. The van der Waals surface area contributed by atoms with E-state index in [0.717, 1.165) is 18.7 Å². The van der Waals surface area contributed by atoms with Gasteiger partial charge in [-0.3, -0.25) is 9.88 Å². The second-order valence-electron chi connectivity index (χ2n) is 6.05. The van der Waals surface area contributed by atoms with Crippen molar-refractivity contribution < 1.29 is 9.53 Å². The van der Waals surface area contributed by atoms with Crippen LogP contribution in [0.2, 0.25) is 5.15 Å². The lowest BCUT2D eigenvalue weighted by Crippen LogP contribution is -2.44. The third kappa shape index (κ3) is 4.91. The zero-order valence-corrected chi connectivity index (χ0v) is 15.4. The summed E-state index contributed by atoms with van der Waals surface area (Å²) in [6.45, 7) is 5.34. The molecule has 3 heterocycles. The first-order chi connectivity index (χ1) is 12.6. The van der Waals surface area contributed by atoms with Crippen LogP contribution in [0.4, 0.5) is 10.5 Å². The number of nitrogens with zero attached hydrogens (tertiary/aromatic N) is 3. The molecule has 0 aromatic carbocycles. The van der Waals surface area contributed by atoms with Crippen LogP contribution in [0.15, 0.2) is 36.7 Å². The Hall–Kier alpha value is -2.22. The Balaban J connectivity index is 1.64. The summed E-state index contributed by atoms with van der Waals surface area (Å²) in [6.07, 6.45) is 3.54. The van der Waals surface area contributed by atoms with Gasteiger partial charge in [-0.2, -0.15) is 0 Å². The van der Waals surface area contributed by atoms with Crippen LogP contribution in [0.1, 0.15) is 17.3 Å². The summed E-state index contributed by atoms with van der Waals surface area (Å²) in [5.74, 6) is 0. The predicted molar refractivity (Wildman–Crippen MR) is 100 cm³/mol. The molecule has 0 spiro atoms. The standard InChI is InChI=1S/C18H22ClN5O2/c1-13-15(2-3-17(19)22-13)23-18(25)21-12-16(14-4-6-20-7-5-14)24-8-10-26-11-9-24/h2-7,16H,8-12H2,1H3,(H2,21,23,25)/t16-/m1/s1. The van der Waals surface area contributed by atoms with E-state index >= 15 is 0 Å². The van der Waals surface area contributed by atoms with Gasteiger partial charge in [0.1, 0.15) is 5.15 Å². The zero-order chi connectivity index (χ0) is 18.4. The first-order valence-electron chi connectivity index (χ1n) is 8.53. The molecular formula is C18H22ClN5O2. The first kappa shape index (κ1) is 18.6. The third-order valence-corrected chi connectivity index (χ3v) is 4.54. The van der Waals surface area contributed by atoms with Crippen LogP contribution in [0.3, 0.4) is 0 Å². The summed E-state index contributed by atoms with van der Waals surface area (Å²) in [7, 11) is 0. The summed E-state index contributed by atoms with van der Waals surface area (Å²) in [5.41, 5.74) is 2.43. The fourth-order valence-corrected chi connectivity index (χ4v) is 3.14. The fourth-order valence-electron chi connectivity index (χ4n) is 2.95. The minimum atomic E-state index is -0.274. The minimum Gasteiger partial charge on any atom is -0.379 e. The Bertz CT molecular complexity index is 738. The molecule has 1 atom stereocenters. The number of aryl methyl sites for hydroxylation is 1. The van der Waals surface area contributed by atoms with Crippen molar-refractivity contribution >= 4 is 23.3 Å². The number of ether oxygens (including phenoxy) is 1. The lowest BCUT2D eigenvalue weighted by molar-refractivity contribution is 0.0167. The molecule has 1 aliphatic heterocycles. The van der Waals surface area contributed by atoms with Gasteiger partial charge in [-0.1, -0.05) is 11.6 Å². The van der Waals surface area contributed by atoms with Crippen LogP contribution in [0.25, 0.3) is 0 Å². The van der Waals surface area contributed by atoms with E-state index in [1.165, 1.54) is 0 Å². The monoisotopic (exact) mass is 375 g/mol. The number of rotatable bonds is 5. The van der Waals surface area contributed by atoms with Crippen molar-refractivity contribution in [3.8, 4) is 0 Å². The molecule has 2 amide bonds. The van der Waals surface area contributed by atoms with Gasteiger partial charge in [0.25, 0.3) is 0 Å². The van der Waals surface area contributed by atoms with Crippen molar-refractivity contribution in [1.29, 1.82) is 0 Å². The predicted octanol–water partition coefficient (Wildman–Crippen LogP) is 2.63. The van der Waals surface area contributed by atoms with E-state index in [2.05, 4.69) is 25.5 Å². The van der Waals surface area contributed by atoms with Gasteiger partial charge in [-0.25, -0.2) is 9.78 Å². The van der Waals surface area contributed by atoms with Crippen molar-refractivity contribution in [3.63, 3.8) is 0 Å². The molecule has 3 rings (SSSR count). The molecule has 2 N–H and O–H groups in total. The summed E-state index contributed by atoms with van der Waals surface area (Å²) in [4.78, 5) is 22.9. The number of aromatic nitrogens is 2. The molecule has 1 aliphatic rings. The second kappa shape index (κ2) is 8.93. The third-order valence-electron chi connectivity index (χ3n) is 4.33. The van der Waals surface area contributed by atoms with E-state index in [1.807, 2.05) is 12.1 Å². The molecule has 138 valence electrons. The number of anilines is 1. The molecule has 0 radical (unpaired) electrons. The average Bonchev–Trinajstić information content (AvgIpc) is 2.66. The van der Waals surface area contributed by atoms with Crippen molar-refractivity contribution in [2.75, 3.05) is 38.2 Å². The maximum Gasteiger partial charge on any atom is 0.319 e. The topological polar surface area (TPSA) is 79.4 Å². The van der Waals surface area contributed by atoms with Crippen molar-refractivity contribution in [3.05, 3.63) is 53.1 Å². The SMILES string of the molecule is Cc1nc(Cl)ccc1NC(=O)NC[C@H](c1ccncc1)N1CCOCC1. The minimum absolute atomic E-state index is 0.0667. The maximum absolute atomic E-state index is 12.3. The number of morpholine rings is 1. The number of pyridine rings is 2. The van der Waals surface area contributed by atoms with Gasteiger partial charge in [-0.15, -0.1) is 0 Å². The molecule has 0 saturated carbocycles. The van der Waals surface area contributed by atoms with Crippen LogP contribution < -0.4 is 10.6 Å². The lowest BCUT2D eigenvalue weighted by atomic mass is 10.1. The van der Waals surface area contributed by atoms with Gasteiger partial charge in [0.15, 0.2) is 0 Å². The van der Waals surface area contributed by atoms with Crippen molar-refractivity contribution in [2.24, 2.45) is 0 Å². The highest BCUT2D eigenvalue weighted by Gasteiger charge is 2.23. The molecule has 1 fully saturated rings. The van der Waals surface area contributed by atoms with Gasteiger partial charge < -0.3 is 15.4 Å². The van der Waals surface area contributed by atoms with Gasteiger partial charge >= 0.3 is 6.03 Å². The van der Waals surface area contributed by atoms with Crippen LogP contribution in [0, 0.1) is 6.92 Å². The van der Waals surface area contributed by atoms with E-state index in [1.54, 1.807) is 31.5 Å². The highest BCUT2D eigenvalue weighted by atomic mass is 35.5. The van der Waals surface area contributed by atoms with Gasteiger partial charge in [-0.05, 0) is 36.8 Å². The number of hydrogen-bond acceptors (Lipinski definition) is 5. The number of carbonyl (C=O) groups excluding carboxylic acids is 1. The highest BCUT2D eigenvalue weighted by molar-refractivity contribution is 6.29. The Morgan fingerprint density at radius 1 is 1.27 bits per heavy atom. The molecule has 0 aliphatic carbocycles. The molecule has 0 bridgehead atoms. The molecule has 8 heteroatoms. The van der Waals surface area contributed by atoms with Crippen LogP contribution in [-0.4, -0.2) is 53.7 Å². The van der Waals surface area contributed by atoms with Gasteiger partial charge in [0.05, 0.1) is 30.6 Å². The van der Waals surface area contributed by atoms with Crippen molar-refractivity contribution in [2.45, 2.75) is 13.0 Å². The molecule has 7 nitrogen and oxygen atoms in total. The van der Waals surface area contributed by atoms with Crippen LogP contribution in [-0.2, 0) is 4.74 Å². The molecular weight excluding hydrogens is 354 g/mol. The molecule has 2 aromatic heterocycles. The smallest absolute Gasteiger partial charge is 0.319 e. The Morgan fingerprint density at radius 3 is 2.69 bits per heavy atom. The maximum atomic E-state index is 12.3. The number of hydrogen-bond donors (Lipinski definition) is 2. The summed E-state index contributed by atoms with van der Waals surface area (Å²) < 4.78 is 5.44. The lowest BCUT2D eigenvalue weighted by Gasteiger charge is -2.34. The molecule has 26 heavy (non-hydrogen) atoms. The summed E-state index contributed by atoms with van der Waals surface area (Å²) in [6, 6.07) is 7.14. The van der Waals surface area contributed by atoms with Crippen LogP contribution in [0.5, 0.6) is 0 Å². The number of nitrogens with one attached hydrogen (secondary N) is 2. The second-order valence-corrected chi connectivity index (χ2v) is 6.43. The van der Waals surface area contributed by atoms with Gasteiger partial charge in [0, 0.05) is 32.0 Å². The van der Waals surface area contributed by atoms with Crippen molar-refractivity contribution in [1.82, 2.24) is 20.2 Å².